The molecule has 0 bridgehead atoms. The second-order valence-electron chi connectivity index (χ2n) is 3.30. The minimum absolute atomic E-state index is 0.185. The summed E-state index contributed by atoms with van der Waals surface area (Å²) in [4.78, 5) is 11.2. The molecule has 0 saturated carbocycles. The quantitative estimate of drug-likeness (QED) is 0.549. The van der Waals surface area contributed by atoms with Gasteiger partial charge in [0.1, 0.15) is 12.4 Å². The van der Waals surface area contributed by atoms with Crippen LogP contribution < -0.4 is 0 Å². The molecule has 0 radical (unpaired) electrons. The van der Waals surface area contributed by atoms with Crippen LogP contribution in [0.2, 0.25) is 0 Å². The Kier molecular flexibility index (Phi) is 5.50. The van der Waals surface area contributed by atoms with Gasteiger partial charge in [0, 0.05) is 13.5 Å². The van der Waals surface area contributed by atoms with Crippen LogP contribution >= 0.6 is 0 Å². The molecule has 0 fully saturated rings. The Balaban J connectivity index is 2.29. The van der Waals surface area contributed by atoms with Crippen molar-refractivity contribution in [3.05, 3.63) is 35.6 Å². The molecule has 0 aliphatic heterocycles. The van der Waals surface area contributed by atoms with E-state index in [9.17, 15) is 9.18 Å². The number of carbonyl (C=O) groups is 1. The van der Waals surface area contributed by atoms with Crippen LogP contribution in [0.15, 0.2) is 24.3 Å². The molecule has 0 heterocycles. The van der Waals surface area contributed by atoms with E-state index >= 15 is 0 Å². The molecule has 3 nitrogen and oxygen atoms in total. The lowest BCUT2D eigenvalue weighted by Crippen LogP contribution is -2.10. The topological polar surface area (TPSA) is 35.5 Å². The summed E-state index contributed by atoms with van der Waals surface area (Å²) in [6.07, 6.45) is 0.545. The number of methoxy groups -OCH3 is 1. The van der Waals surface area contributed by atoms with Crippen molar-refractivity contribution >= 4 is 5.97 Å². The number of ether oxygens (including phenoxy) is 2. The van der Waals surface area contributed by atoms with Crippen molar-refractivity contribution in [2.75, 3.05) is 20.3 Å². The van der Waals surface area contributed by atoms with E-state index in [0.717, 1.165) is 0 Å². The summed E-state index contributed by atoms with van der Waals surface area (Å²) < 4.78 is 22.8. The fourth-order valence-electron chi connectivity index (χ4n) is 1.25. The summed E-state index contributed by atoms with van der Waals surface area (Å²) in [6.45, 7) is 0.623. The van der Waals surface area contributed by atoms with Crippen molar-refractivity contribution in [1.82, 2.24) is 0 Å². The number of aryl methyl sites for hydroxylation is 1. The number of halogens is 1. The van der Waals surface area contributed by atoms with Gasteiger partial charge in [-0.3, -0.25) is 4.79 Å². The fourth-order valence-corrected chi connectivity index (χ4v) is 1.25. The highest BCUT2D eigenvalue weighted by Gasteiger charge is 2.06. The number of hydrogen-bond acceptors (Lipinski definition) is 3. The zero-order chi connectivity index (χ0) is 11.8. The molecule has 0 spiro atoms. The molecule has 0 unspecified atom stereocenters. The molecule has 4 heteroatoms. The zero-order valence-corrected chi connectivity index (χ0v) is 9.24. The number of rotatable bonds is 6. The van der Waals surface area contributed by atoms with E-state index < -0.39 is 0 Å². The maximum atomic E-state index is 13.2. The molecule has 16 heavy (non-hydrogen) atoms. The van der Waals surface area contributed by atoms with Gasteiger partial charge < -0.3 is 9.47 Å². The lowest BCUT2D eigenvalue weighted by molar-refractivity contribution is -0.144. The third kappa shape index (κ3) is 4.40. The molecule has 1 rings (SSSR count). The second-order valence-corrected chi connectivity index (χ2v) is 3.30. The van der Waals surface area contributed by atoms with Gasteiger partial charge >= 0.3 is 5.97 Å². The summed E-state index contributed by atoms with van der Waals surface area (Å²) in [6, 6.07) is 6.41. The summed E-state index contributed by atoms with van der Waals surface area (Å²) in [5.41, 5.74) is 0.534. The van der Waals surface area contributed by atoms with E-state index in [0.29, 0.717) is 18.6 Å². The Hall–Kier alpha value is -1.42. The highest BCUT2D eigenvalue weighted by atomic mass is 19.1. The predicted octanol–water partition coefficient (Wildman–Crippen LogP) is 1.95. The Morgan fingerprint density at radius 1 is 1.31 bits per heavy atom. The van der Waals surface area contributed by atoms with E-state index in [-0.39, 0.29) is 24.8 Å². The van der Waals surface area contributed by atoms with Gasteiger partial charge in [0.2, 0.25) is 0 Å². The highest BCUT2D eigenvalue weighted by Crippen LogP contribution is 2.09. The molecular weight excluding hydrogens is 211 g/mol. The lowest BCUT2D eigenvalue weighted by atomic mass is 10.1. The zero-order valence-electron chi connectivity index (χ0n) is 9.24. The molecule has 0 aromatic heterocycles. The molecule has 0 aliphatic carbocycles. The maximum absolute atomic E-state index is 13.2. The van der Waals surface area contributed by atoms with Gasteiger partial charge in [0.25, 0.3) is 0 Å². The van der Waals surface area contributed by atoms with Crippen LogP contribution in [0, 0.1) is 5.82 Å². The molecule has 0 amide bonds. The normalized spacial score (nSPS) is 10.1. The first kappa shape index (κ1) is 12.6. The molecule has 0 N–H and O–H groups in total. The Labute approximate surface area is 94.2 Å². The monoisotopic (exact) mass is 226 g/mol. The third-order valence-corrected chi connectivity index (χ3v) is 2.11. The molecular formula is C12H15FO3. The van der Waals surface area contributed by atoms with Crippen molar-refractivity contribution in [3.63, 3.8) is 0 Å². The predicted molar refractivity (Wildman–Crippen MR) is 57.6 cm³/mol. The van der Waals surface area contributed by atoms with Gasteiger partial charge in [0.05, 0.1) is 6.61 Å². The van der Waals surface area contributed by atoms with Gasteiger partial charge in [-0.25, -0.2) is 4.39 Å². The first-order valence-electron chi connectivity index (χ1n) is 5.12. The number of hydrogen-bond donors (Lipinski definition) is 0. The largest absolute Gasteiger partial charge is 0.463 e. The van der Waals surface area contributed by atoms with Gasteiger partial charge in [0.15, 0.2) is 0 Å². The fraction of sp³-hybridized carbons (Fsp3) is 0.417. The van der Waals surface area contributed by atoms with Crippen LogP contribution in [0.5, 0.6) is 0 Å². The third-order valence-electron chi connectivity index (χ3n) is 2.11. The van der Waals surface area contributed by atoms with E-state index in [4.69, 9.17) is 9.47 Å². The summed E-state index contributed by atoms with van der Waals surface area (Å²) in [7, 11) is 1.53. The minimum Gasteiger partial charge on any atom is -0.463 e. The summed E-state index contributed by atoms with van der Waals surface area (Å²) in [5.74, 6) is -0.618. The Morgan fingerprint density at radius 2 is 2.06 bits per heavy atom. The Morgan fingerprint density at radius 3 is 2.75 bits per heavy atom. The minimum atomic E-state index is -0.333. The van der Waals surface area contributed by atoms with Crippen LogP contribution in [-0.2, 0) is 20.7 Å². The molecule has 0 saturated heterocycles. The average molecular weight is 226 g/mol. The van der Waals surface area contributed by atoms with Crippen LogP contribution in [-0.4, -0.2) is 26.3 Å². The standard InChI is InChI=1S/C12H15FO3/c1-15-8-9-16-12(14)7-6-10-4-2-3-5-11(10)13/h2-5H,6-9H2,1H3. The van der Waals surface area contributed by atoms with Crippen molar-refractivity contribution < 1.29 is 18.7 Å². The van der Waals surface area contributed by atoms with E-state index in [1.54, 1.807) is 18.2 Å². The number of benzene rings is 1. The van der Waals surface area contributed by atoms with Crippen LogP contribution in [0.25, 0.3) is 0 Å². The molecule has 1 aromatic rings. The van der Waals surface area contributed by atoms with Crippen molar-refractivity contribution in [1.29, 1.82) is 0 Å². The van der Waals surface area contributed by atoms with E-state index in [1.165, 1.54) is 13.2 Å². The van der Waals surface area contributed by atoms with Crippen LogP contribution in [0.3, 0.4) is 0 Å². The molecule has 0 atom stereocenters. The van der Waals surface area contributed by atoms with Gasteiger partial charge in [-0.15, -0.1) is 0 Å². The van der Waals surface area contributed by atoms with Crippen molar-refractivity contribution in [2.24, 2.45) is 0 Å². The lowest BCUT2D eigenvalue weighted by Gasteiger charge is -2.04. The first-order chi connectivity index (χ1) is 7.74. The average Bonchev–Trinajstić information content (AvgIpc) is 2.28. The first-order valence-corrected chi connectivity index (χ1v) is 5.12. The smallest absolute Gasteiger partial charge is 0.306 e. The van der Waals surface area contributed by atoms with Crippen LogP contribution in [0.1, 0.15) is 12.0 Å². The number of carbonyl (C=O) groups excluding carboxylic acids is 1. The highest BCUT2D eigenvalue weighted by molar-refractivity contribution is 5.69. The summed E-state index contributed by atoms with van der Waals surface area (Å²) in [5, 5.41) is 0. The maximum Gasteiger partial charge on any atom is 0.306 e. The molecule has 0 aliphatic rings. The van der Waals surface area contributed by atoms with Gasteiger partial charge in [-0.05, 0) is 18.1 Å². The van der Waals surface area contributed by atoms with Crippen LogP contribution in [0.4, 0.5) is 4.39 Å². The van der Waals surface area contributed by atoms with E-state index in [1.807, 2.05) is 0 Å². The second kappa shape index (κ2) is 6.95. The van der Waals surface area contributed by atoms with Gasteiger partial charge in [-0.2, -0.15) is 0 Å². The molecule has 1 aromatic carbocycles. The molecule has 88 valence electrons. The summed E-state index contributed by atoms with van der Waals surface area (Å²) >= 11 is 0. The van der Waals surface area contributed by atoms with Crippen molar-refractivity contribution in [3.8, 4) is 0 Å². The Bertz CT molecular complexity index is 339. The van der Waals surface area contributed by atoms with Gasteiger partial charge in [-0.1, -0.05) is 18.2 Å². The van der Waals surface area contributed by atoms with E-state index in [2.05, 4.69) is 0 Å². The number of esters is 1. The SMILES string of the molecule is COCCOC(=O)CCc1ccccc1F. The van der Waals surface area contributed by atoms with Crippen molar-refractivity contribution in [2.45, 2.75) is 12.8 Å².